The van der Waals surface area contributed by atoms with E-state index in [2.05, 4.69) is 5.32 Å². The van der Waals surface area contributed by atoms with Crippen LogP contribution in [0.2, 0.25) is 0 Å². The number of hydrogen-bond donors (Lipinski definition) is 1. The Hall–Kier alpha value is -2.80. The second kappa shape index (κ2) is 6.31. The molecule has 0 saturated heterocycles. The topological polar surface area (TPSA) is 57.8 Å². The Labute approximate surface area is 130 Å². The van der Waals surface area contributed by atoms with E-state index in [9.17, 15) is 10.1 Å². The molecule has 0 atom stereocenters. The van der Waals surface area contributed by atoms with Crippen LogP contribution in [0.3, 0.4) is 0 Å². The maximum atomic E-state index is 12.3. The third kappa shape index (κ3) is 3.26. The molecule has 4 nitrogen and oxygen atoms in total. The first-order valence-corrected chi connectivity index (χ1v) is 7.05. The highest BCUT2D eigenvalue weighted by molar-refractivity contribution is 6.09. The fourth-order valence-corrected chi connectivity index (χ4v) is 2.26. The normalized spacial score (nSPS) is 11.1. The number of aryl methyl sites for hydroxylation is 2. The molecule has 0 radical (unpaired) electrons. The van der Waals surface area contributed by atoms with Crippen LogP contribution in [0.5, 0.6) is 0 Å². The van der Waals surface area contributed by atoms with Gasteiger partial charge in [-0.05, 0) is 56.2 Å². The summed E-state index contributed by atoms with van der Waals surface area (Å²) >= 11 is 0. The standard InChI is InChI=1S/C18H19N3O/c1-12-6-5-7-17(8-12)20-18(22)16(11-19)10-15-9-13(2)21(4)14(15)3/h5-10H,1-4H3,(H,20,22)/b16-10-. The van der Waals surface area contributed by atoms with Crippen molar-refractivity contribution in [3.05, 3.63) is 58.4 Å². The average Bonchev–Trinajstić information content (AvgIpc) is 2.72. The smallest absolute Gasteiger partial charge is 0.266 e. The largest absolute Gasteiger partial charge is 0.352 e. The van der Waals surface area contributed by atoms with E-state index >= 15 is 0 Å². The summed E-state index contributed by atoms with van der Waals surface area (Å²) in [4.78, 5) is 12.3. The Morgan fingerprint density at radius 2 is 2.00 bits per heavy atom. The van der Waals surface area contributed by atoms with Crippen LogP contribution in [-0.2, 0) is 11.8 Å². The second-order valence-electron chi connectivity index (χ2n) is 5.38. The number of anilines is 1. The summed E-state index contributed by atoms with van der Waals surface area (Å²) in [6, 6.07) is 11.4. The summed E-state index contributed by atoms with van der Waals surface area (Å²) in [5.41, 5.74) is 4.82. The number of carbonyl (C=O) groups is 1. The molecule has 22 heavy (non-hydrogen) atoms. The van der Waals surface area contributed by atoms with Crippen molar-refractivity contribution < 1.29 is 4.79 Å². The van der Waals surface area contributed by atoms with Gasteiger partial charge in [-0.25, -0.2) is 0 Å². The molecule has 1 N–H and O–H groups in total. The predicted molar refractivity (Wildman–Crippen MR) is 88.3 cm³/mol. The first-order valence-electron chi connectivity index (χ1n) is 7.05. The van der Waals surface area contributed by atoms with Gasteiger partial charge in [-0.2, -0.15) is 5.26 Å². The van der Waals surface area contributed by atoms with Crippen molar-refractivity contribution in [2.75, 3.05) is 5.32 Å². The van der Waals surface area contributed by atoms with E-state index in [1.807, 2.05) is 62.7 Å². The van der Waals surface area contributed by atoms with Crippen molar-refractivity contribution in [2.45, 2.75) is 20.8 Å². The number of nitrogens with zero attached hydrogens (tertiary/aromatic N) is 2. The molecule has 112 valence electrons. The van der Waals surface area contributed by atoms with Crippen LogP contribution in [0.4, 0.5) is 5.69 Å². The lowest BCUT2D eigenvalue weighted by atomic mass is 10.1. The van der Waals surface area contributed by atoms with Crippen molar-refractivity contribution in [1.82, 2.24) is 4.57 Å². The summed E-state index contributed by atoms with van der Waals surface area (Å²) in [6.45, 7) is 5.91. The van der Waals surface area contributed by atoms with Gasteiger partial charge in [0, 0.05) is 24.1 Å². The van der Waals surface area contributed by atoms with Gasteiger partial charge in [-0.1, -0.05) is 12.1 Å². The molecule has 0 aliphatic heterocycles. The number of carbonyl (C=O) groups excluding carboxylic acids is 1. The average molecular weight is 293 g/mol. The summed E-state index contributed by atoms with van der Waals surface area (Å²) in [6.07, 6.45) is 1.63. The zero-order chi connectivity index (χ0) is 16.3. The zero-order valence-electron chi connectivity index (χ0n) is 13.3. The van der Waals surface area contributed by atoms with Crippen LogP contribution < -0.4 is 5.32 Å². The number of benzene rings is 1. The van der Waals surface area contributed by atoms with Crippen molar-refractivity contribution in [1.29, 1.82) is 5.26 Å². The molecule has 1 aromatic carbocycles. The molecule has 0 fully saturated rings. The minimum atomic E-state index is -0.394. The third-order valence-electron chi connectivity index (χ3n) is 3.76. The van der Waals surface area contributed by atoms with Crippen molar-refractivity contribution in [3.63, 3.8) is 0 Å². The first kappa shape index (κ1) is 15.6. The van der Waals surface area contributed by atoms with Crippen LogP contribution in [0, 0.1) is 32.1 Å². The van der Waals surface area contributed by atoms with Gasteiger partial charge in [0.05, 0.1) is 0 Å². The van der Waals surface area contributed by atoms with E-state index in [-0.39, 0.29) is 5.57 Å². The Morgan fingerprint density at radius 3 is 2.55 bits per heavy atom. The van der Waals surface area contributed by atoms with Crippen LogP contribution >= 0.6 is 0 Å². The Kier molecular flexibility index (Phi) is 4.47. The van der Waals surface area contributed by atoms with Gasteiger partial charge in [0.25, 0.3) is 5.91 Å². The molecule has 4 heteroatoms. The lowest BCUT2D eigenvalue weighted by Gasteiger charge is -2.05. The fraction of sp³-hybridized carbons (Fsp3) is 0.222. The Morgan fingerprint density at radius 1 is 1.27 bits per heavy atom. The van der Waals surface area contributed by atoms with Gasteiger partial charge in [0.1, 0.15) is 11.6 Å². The molecule has 2 aromatic rings. The molecule has 0 spiro atoms. The lowest BCUT2D eigenvalue weighted by Crippen LogP contribution is -2.13. The van der Waals surface area contributed by atoms with Gasteiger partial charge in [0.2, 0.25) is 0 Å². The second-order valence-corrected chi connectivity index (χ2v) is 5.38. The van der Waals surface area contributed by atoms with Crippen molar-refractivity contribution >= 4 is 17.7 Å². The predicted octanol–water partition coefficient (Wildman–Crippen LogP) is 3.50. The van der Waals surface area contributed by atoms with E-state index in [0.29, 0.717) is 5.69 Å². The summed E-state index contributed by atoms with van der Waals surface area (Å²) in [5, 5.41) is 12.0. The summed E-state index contributed by atoms with van der Waals surface area (Å²) in [7, 11) is 1.96. The Bertz CT molecular complexity index is 791. The van der Waals surface area contributed by atoms with E-state index in [1.54, 1.807) is 12.1 Å². The van der Waals surface area contributed by atoms with E-state index in [4.69, 9.17) is 0 Å². The monoisotopic (exact) mass is 293 g/mol. The lowest BCUT2D eigenvalue weighted by molar-refractivity contribution is -0.112. The number of hydrogen-bond acceptors (Lipinski definition) is 2. The van der Waals surface area contributed by atoms with Gasteiger partial charge in [-0.15, -0.1) is 0 Å². The maximum absolute atomic E-state index is 12.3. The molecule has 1 heterocycles. The quantitative estimate of drug-likeness (QED) is 0.695. The number of nitriles is 1. The highest BCUT2D eigenvalue weighted by atomic mass is 16.1. The number of aromatic nitrogens is 1. The van der Waals surface area contributed by atoms with Crippen molar-refractivity contribution in [3.8, 4) is 6.07 Å². The van der Waals surface area contributed by atoms with E-state index in [1.165, 1.54) is 0 Å². The summed E-state index contributed by atoms with van der Waals surface area (Å²) < 4.78 is 2.03. The fourth-order valence-electron chi connectivity index (χ4n) is 2.26. The number of amides is 1. The molecule has 0 aliphatic carbocycles. The summed E-state index contributed by atoms with van der Waals surface area (Å²) in [5.74, 6) is -0.394. The van der Waals surface area contributed by atoms with Crippen LogP contribution in [0.15, 0.2) is 35.9 Å². The third-order valence-corrected chi connectivity index (χ3v) is 3.76. The van der Waals surface area contributed by atoms with Gasteiger partial charge in [0.15, 0.2) is 0 Å². The molecule has 2 rings (SSSR count). The van der Waals surface area contributed by atoms with E-state index in [0.717, 1.165) is 22.5 Å². The zero-order valence-corrected chi connectivity index (χ0v) is 13.3. The van der Waals surface area contributed by atoms with Gasteiger partial charge < -0.3 is 9.88 Å². The molecular weight excluding hydrogens is 274 g/mol. The molecule has 0 unspecified atom stereocenters. The van der Waals surface area contributed by atoms with Crippen LogP contribution in [0.1, 0.15) is 22.5 Å². The molecule has 1 aromatic heterocycles. The highest BCUT2D eigenvalue weighted by Crippen LogP contribution is 2.18. The highest BCUT2D eigenvalue weighted by Gasteiger charge is 2.12. The van der Waals surface area contributed by atoms with Crippen LogP contribution in [0.25, 0.3) is 6.08 Å². The molecule has 0 saturated carbocycles. The Balaban J connectivity index is 2.28. The minimum absolute atomic E-state index is 0.0928. The van der Waals surface area contributed by atoms with Crippen LogP contribution in [-0.4, -0.2) is 10.5 Å². The number of nitrogens with one attached hydrogen (secondary N) is 1. The molecule has 0 aliphatic rings. The van der Waals surface area contributed by atoms with Crippen molar-refractivity contribution in [2.24, 2.45) is 7.05 Å². The SMILES string of the molecule is Cc1cccc(NC(=O)/C(C#N)=C\c2cc(C)n(C)c2C)c1. The first-order chi connectivity index (χ1) is 10.4. The molecular formula is C18H19N3O. The maximum Gasteiger partial charge on any atom is 0.266 e. The van der Waals surface area contributed by atoms with Gasteiger partial charge >= 0.3 is 0 Å². The van der Waals surface area contributed by atoms with E-state index < -0.39 is 5.91 Å². The molecule has 0 bridgehead atoms. The van der Waals surface area contributed by atoms with Gasteiger partial charge in [-0.3, -0.25) is 4.79 Å². The molecule has 1 amide bonds. The number of rotatable bonds is 3. The minimum Gasteiger partial charge on any atom is -0.352 e.